The maximum atomic E-state index is 2.50. The second-order valence-electron chi connectivity index (χ2n) is 5.13. The summed E-state index contributed by atoms with van der Waals surface area (Å²) in [7, 11) is 0. The molecule has 86 valence electrons. The summed E-state index contributed by atoms with van der Waals surface area (Å²) in [4.78, 5) is 0. The van der Waals surface area contributed by atoms with E-state index in [9.17, 15) is 0 Å². The van der Waals surface area contributed by atoms with E-state index in [1.807, 2.05) is 0 Å². The van der Waals surface area contributed by atoms with Crippen molar-refractivity contribution >= 4 is 0 Å². The average Bonchev–Trinajstić information content (AvgIpc) is 2.40. The van der Waals surface area contributed by atoms with Gasteiger partial charge in [-0.1, -0.05) is 19.3 Å². The Morgan fingerprint density at radius 1 is 1.00 bits per heavy atom. The van der Waals surface area contributed by atoms with Gasteiger partial charge < -0.3 is 0 Å². The minimum Gasteiger partial charge on any atom is -0.0532 e. The zero-order valence-electron chi connectivity index (χ0n) is 10.2. The summed E-state index contributed by atoms with van der Waals surface area (Å²) in [5, 5.41) is 0. The van der Waals surface area contributed by atoms with Gasteiger partial charge in [0.15, 0.2) is 0 Å². The molecule has 0 heterocycles. The van der Waals surface area contributed by atoms with Gasteiger partial charge in [0.05, 0.1) is 17.1 Å². The van der Waals surface area contributed by atoms with Crippen LogP contribution in [0.1, 0.15) is 32.1 Å². The average molecular weight is 223 g/mol. The molecule has 0 spiro atoms. The Bertz CT molecular complexity index is 423. The maximum Gasteiger partial charge on any atom is 0.0654 e. The number of fused-ring (bicyclic) bond motifs is 1. The van der Waals surface area contributed by atoms with Gasteiger partial charge in [-0.2, -0.15) is 0 Å². The van der Waals surface area contributed by atoms with Crippen LogP contribution >= 0.6 is 0 Å². The molecule has 0 aromatic heterocycles. The van der Waals surface area contributed by atoms with E-state index < -0.39 is 0 Å². The van der Waals surface area contributed by atoms with Gasteiger partial charge in [0.1, 0.15) is 0 Å². The minimum atomic E-state index is 0.801. The molecular formula is C17H19+. The summed E-state index contributed by atoms with van der Waals surface area (Å²) in [5.41, 5.74) is 2.78. The largest absolute Gasteiger partial charge is 0.0654 e. The van der Waals surface area contributed by atoms with Crippen LogP contribution in [0.4, 0.5) is 0 Å². The Hall–Kier alpha value is -1.43. The molecule has 0 aromatic carbocycles. The summed E-state index contributed by atoms with van der Waals surface area (Å²) in [5.74, 6) is 2.20. The highest BCUT2D eigenvalue weighted by Gasteiger charge is 2.25. The Morgan fingerprint density at radius 3 is 2.76 bits per heavy atom. The molecular weight excluding hydrogens is 204 g/mol. The van der Waals surface area contributed by atoms with E-state index in [-0.39, 0.29) is 0 Å². The van der Waals surface area contributed by atoms with Gasteiger partial charge in [0.2, 0.25) is 0 Å². The zero-order chi connectivity index (χ0) is 11.5. The van der Waals surface area contributed by atoms with E-state index in [0.717, 1.165) is 5.92 Å². The van der Waals surface area contributed by atoms with Crippen LogP contribution in [-0.2, 0) is 0 Å². The lowest BCUT2D eigenvalue weighted by molar-refractivity contribution is 0.418. The Balaban J connectivity index is 1.81. The fourth-order valence-corrected chi connectivity index (χ4v) is 2.95. The van der Waals surface area contributed by atoms with Crippen LogP contribution in [0, 0.1) is 11.8 Å². The molecule has 0 nitrogen and oxygen atoms in total. The van der Waals surface area contributed by atoms with E-state index in [4.69, 9.17) is 0 Å². The third-order valence-electron chi connectivity index (χ3n) is 3.89. The van der Waals surface area contributed by atoms with Crippen LogP contribution in [0.3, 0.4) is 0 Å². The van der Waals surface area contributed by atoms with E-state index in [2.05, 4.69) is 48.6 Å². The molecule has 17 heavy (non-hydrogen) atoms. The van der Waals surface area contributed by atoms with E-state index in [1.54, 1.807) is 0 Å². The third kappa shape index (κ3) is 2.31. The monoisotopic (exact) mass is 223 g/mol. The molecule has 3 aliphatic rings. The lowest BCUT2D eigenvalue weighted by Crippen LogP contribution is -2.09. The number of hydrogen-bond acceptors (Lipinski definition) is 0. The Labute approximate surface area is 104 Å². The molecule has 1 saturated carbocycles. The lowest BCUT2D eigenvalue weighted by atomic mass is 9.80. The quantitative estimate of drug-likeness (QED) is 0.566. The van der Waals surface area contributed by atoms with Crippen LogP contribution < -0.4 is 0 Å². The van der Waals surface area contributed by atoms with Crippen molar-refractivity contribution < 1.29 is 0 Å². The van der Waals surface area contributed by atoms with Gasteiger partial charge in [-0.15, -0.1) is 0 Å². The van der Waals surface area contributed by atoms with Gasteiger partial charge in [0, 0.05) is 30.2 Å². The first kappa shape index (κ1) is 10.7. The standard InChI is InChI=1S/C17H19/c1-2-7-14(8-3-1)13-16-11-6-10-15-9-4-5-12-17(15)16/h4-6,9-14H,1-3,7-8H2/q+1/b16-13+. The SMILES string of the molecule is C1=CC2=CC=C/C(=C\C3CCCCC3)[C+]2C=C1. The van der Waals surface area contributed by atoms with Crippen LogP contribution in [0.2, 0.25) is 0 Å². The Kier molecular flexibility index (Phi) is 3.04. The van der Waals surface area contributed by atoms with Crippen molar-refractivity contribution in [2.75, 3.05) is 0 Å². The predicted molar refractivity (Wildman–Crippen MR) is 73.4 cm³/mol. The number of rotatable bonds is 1. The van der Waals surface area contributed by atoms with Crippen molar-refractivity contribution in [2.24, 2.45) is 5.92 Å². The topological polar surface area (TPSA) is 0 Å². The summed E-state index contributed by atoms with van der Waals surface area (Å²) >= 11 is 0. The van der Waals surface area contributed by atoms with Crippen molar-refractivity contribution in [1.29, 1.82) is 0 Å². The smallest absolute Gasteiger partial charge is 0.0532 e. The number of hydrogen-bond donors (Lipinski definition) is 0. The molecule has 0 saturated heterocycles. The summed E-state index contributed by atoms with van der Waals surface area (Å²) in [6, 6.07) is 0. The van der Waals surface area contributed by atoms with Crippen LogP contribution in [0.25, 0.3) is 0 Å². The maximum absolute atomic E-state index is 2.50. The minimum absolute atomic E-state index is 0.801. The normalized spacial score (nSPS) is 26.2. The molecule has 1 fully saturated rings. The first-order chi connectivity index (χ1) is 8.43. The molecule has 0 bridgehead atoms. The highest BCUT2D eigenvalue weighted by atomic mass is 14.2. The second-order valence-corrected chi connectivity index (χ2v) is 5.13. The Morgan fingerprint density at radius 2 is 1.88 bits per heavy atom. The molecule has 3 aliphatic carbocycles. The first-order valence-electron chi connectivity index (χ1n) is 6.76. The highest BCUT2D eigenvalue weighted by molar-refractivity contribution is 5.62. The molecule has 0 N–H and O–H groups in total. The fraction of sp³-hybridized carbons (Fsp3) is 0.353. The van der Waals surface area contributed by atoms with Crippen LogP contribution in [0.15, 0.2) is 59.8 Å². The van der Waals surface area contributed by atoms with E-state index >= 15 is 0 Å². The third-order valence-corrected chi connectivity index (χ3v) is 3.89. The molecule has 0 atom stereocenters. The van der Waals surface area contributed by atoms with Gasteiger partial charge in [-0.05, 0) is 37.1 Å². The van der Waals surface area contributed by atoms with Gasteiger partial charge in [0.25, 0.3) is 0 Å². The highest BCUT2D eigenvalue weighted by Crippen LogP contribution is 2.35. The van der Waals surface area contributed by atoms with Crippen LogP contribution in [0.5, 0.6) is 0 Å². The first-order valence-corrected chi connectivity index (χ1v) is 6.76. The van der Waals surface area contributed by atoms with E-state index in [0.29, 0.717) is 0 Å². The molecule has 3 rings (SSSR count). The van der Waals surface area contributed by atoms with Crippen LogP contribution in [-0.4, -0.2) is 0 Å². The van der Waals surface area contributed by atoms with Gasteiger partial charge in [-0.25, -0.2) is 0 Å². The molecule has 0 unspecified atom stereocenters. The zero-order valence-corrected chi connectivity index (χ0v) is 10.2. The van der Waals surface area contributed by atoms with Crippen molar-refractivity contribution in [3.8, 4) is 0 Å². The molecule has 0 aromatic rings. The number of allylic oxidation sites excluding steroid dienone is 10. The van der Waals surface area contributed by atoms with Crippen molar-refractivity contribution in [1.82, 2.24) is 0 Å². The van der Waals surface area contributed by atoms with Crippen molar-refractivity contribution in [2.45, 2.75) is 32.1 Å². The van der Waals surface area contributed by atoms with Crippen molar-refractivity contribution in [3.63, 3.8) is 0 Å². The summed E-state index contributed by atoms with van der Waals surface area (Å²) < 4.78 is 0. The summed E-state index contributed by atoms with van der Waals surface area (Å²) in [6.45, 7) is 0. The molecule has 0 aliphatic heterocycles. The molecule has 0 heteroatoms. The lowest BCUT2D eigenvalue weighted by Gasteiger charge is -2.20. The molecule has 0 amide bonds. The second kappa shape index (κ2) is 4.83. The van der Waals surface area contributed by atoms with Gasteiger partial charge >= 0.3 is 0 Å². The fourth-order valence-electron chi connectivity index (χ4n) is 2.95. The van der Waals surface area contributed by atoms with Gasteiger partial charge in [-0.3, -0.25) is 0 Å². The predicted octanol–water partition coefficient (Wildman–Crippen LogP) is 4.69. The summed E-state index contributed by atoms with van der Waals surface area (Å²) in [6.07, 6.45) is 24.8. The molecule has 0 radical (unpaired) electrons. The van der Waals surface area contributed by atoms with Crippen molar-refractivity contribution in [3.05, 3.63) is 65.7 Å². The van der Waals surface area contributed by atoms with E-state index in [1.165, 1.54) is 49.2 Å².